The Morgan fingerprint density at radius 3 is 2.87 bits per heavy atom. The van der Waals surface area contributed by atoms with Gasteiger partial charge < -0.3 is 5.32 Å². The molecule has 2 aromatic heterocycles. The second-order valence-electron chi connectivity index (χ2n) is 6.89. The zero-order chi connectivity index (χ0) is 16.4. The molecule has 1 aliphatic carbocycles. The molecule has 122 valence electrons. The van der Waals surface area contributed by atoms with Gasteiger partial charge in [0.2, 0.25) is 0 Å². The first-order valence-corrected chi connectivity index (χ1v) is 8.01. The highest BCUT2D eigenvalue weighted by Gasteiger charge is 2.28. The molecular formula is C17H23N5O. The molecule has 0 aliphatic heterocycles. The van der Waals surface area contributed by atoms with Crippen LogP contribution >= 0.6 is 0 Å². The van der Waals surface area contributed by atoms with E-state index in [9.17, 15) is 4.79 Å². The standard InChI is InChI=1S/C17H23N5O/c1-17(2,3)22-14-8-6-7-13(12(14)11-19-22)20-16(23)21-15-9-4-5-10-18-15/h4-5,9-11,13H,6-8H2,1-3H3,(H2,18,20,21,23)/t13-/m1/s1. The minimum atomic E-state index is -0.231. The van der Waals surface area contributed by atoms with Crippen molar-refractivity contribution in [3.8, 4) is 0 Å². The van der Waals surface area contributed by atoms with Crippen molar-refractivity contribution in [2.24, 2.45) is 0 Å². The van der Waals surface area contributed by atoms with Crippen molar-refractivity contribution in [2.45, 2.75) is 51.6 Å². The zero-order valence-electron chi connectivity index (χ0n) is 13.8. The van der Waals surface area contributed by atoms with Crippen LogP contribution in [0.25, 0.3) is 0 Å². The number of fused-ring (bicyclic) bond motifs is 1. The molecule has 23 heavy (non-hydrogen) atoms. The van der Waals surface area contributed by atoms with Crippen molar-refractivity contribution in [3.05, 3.63) is 41.9 Å². The number of hydrogen-bond acceptors (Lipinski definition) is 3. The molecule has 0 radical (unpaired) electrons. The third-order valence-electron chi connectivity index (χ3n) is 4.03. The highest BCUT2D eigenvalue weighted by Crippen LogP contribution is 2.32. The van der Waals surface area contributed by atoms with Gasteiger partial charge in [-0.25, -0.2) is 9.78 Å². The maximum absolute atomic E-state index is 12.2. The van der Waals surface area contributed by atoms with Crippen LogP contribution in [0.2, 0.25) is 0 Å². The van der Waals surface area contributed by atoms with Crippen molar-refractivity contribution in [1.82, 2.24) is 20.1 Å². The van der Waals surface area contributed by atoms with Gasteiger partial charge in [0.1, 0.15) is 5.82 Å². The molecule has 0 saturated heterocycles. The monoisotopic (exact) mass is 313 g/mol. The number of aromatic nitrogens is 3. The molecule has 0 unspecified atom stereocenters. The third-order valence-corrected chi connectivity index (χ3v) is 4.03. The average Bonchev–Trinajstić information content (AvgIpc) is 2.93. The summed E-state index contributed by atoms with van der Waals surface area (Å²) in [6.45, 7) is 6.43. The van der Waals surface area contributed by atoms with E-state index >= 15 is 0 Å². The van der Waals surface area contributed by atoms with Crippen molar-refractivity contribution in [3.63, 3.8) is 0 Å². The van der Waals surface area contributed by atoms with E-state index < -0.39 is 0 Å². The Morgan fingerprint density at radius 1 is 1.35 bits per heavy atom. The molecule has 0 saturated carbocycles. The smallest absolute Gasteiger partial charge is 0.320 e. The van der Waals surface area contributed by atoms with Gasteiger partial charge in [0, 0.05) is 17.5 Å². The van der Waals surface area contributed by atoms with Crippen LogP contribution in [0, 0.1) is 0 Å². The predicted octanol–water partition coefficient (Wildman–Crippen LogP) is 3.23. The highest BCUT2D eigenvalue weighted by molar-refractivity contribution is 5.88. The lowest BCUT2D eigenvalue weighted by Crippen LogP contribution is -2.35. The molecule has 2 aromatic rings. The molecule has 0 bridgehead atoms. The van der Waals surface area contributed by atoms with Gasteiger partial charge in [-0.1, -0.05) is 6.07 Å². The summed E-state index contributed by atoms with van der Waals surface area (Å²) in [5.41, 5.74) is 2.31. The summed E-state index contributed by atoms with van der Waals surface area (Å²) in [4.78, 5) is 16.3. The number of nitrogens with one attached hydrogen (secondary N) is 2. The fourth-order valence-electron chi connectivity index (χ4n) is 3.03. The Kier molecular flexibility index (Phi) is 4.07. The maximum atomic E-state index is 12.2. The van der Waals surface area contributed by atoms with E-state index in [2.05, 4.69) is 46.2 Å². The number of anilines is 1. The SMILES string of the molecule is CC(C)(C)n1ncc2c1CCC[C@H]2NC(=O)Nc1ccccn1. The number of urea groups is 1. The lowest BCUT2D eigenvalue weighted by Gasteiger charge is -2.28. The van der Waals surface area contributed by atoms with Gasteiger partial charge in [0.15, 0.2) is 0 Å². The van der Waals surface area contributed by atoms with Crippen molar-refractivity contribution in [2.75, 3.05) is 5.32 Å². The maximum Gasteiger partial charge on any atom is 0.320 e. The van der Waals surface area contributed by atoms with Gasteiger partial charge in [0.25, 0.3) is 0 Å². The van der Waals surface area contributed by atoms with Gasteiger partial charge >= 0.3 is 6.03 Å². The van der Waals surface area contributed by atoms with E-state index in [0.717, 1.165) is 24.8 Å². The van der Waals surface area contributed by atoms with E-state index in [1.54, 1.807) is 12.3 Å². The largest absolute Gasteiger partial charge is 0.331 e. The first-order valence-electron chi connectivity index (χ1n) is 8.01. The number of rotatable bonds is 2. The van der Waals surface area contributed by atoms with Crippen LogP contribution in [-0.2, 0) is 12.0 Å². The molecule has 6 nitrogen and oxygen atoms in total. The van der Waals surface area contributed by atoms with E-state index in [1.165, 1.54) is 5.69 Å². The van der Waals surface area contributed by atoms with Crippen LogP contribution in [-0.4, -0.2) is 20.8 Å². The first kappa shape index (κ1) is 15.5. The van der Waals surface area contributed by atoms with Crippen LogP contribution in [0.15, 0.2) is 30.6 Å². The average molecular weight is 313 g/mol. The van der Waals surface area contributed by atoms with Crippen LogP contribution in [0.3, 0.4) is 0 Å². The number of amides is 2. The molecule has 1 atom stereocenters. The number of carbonyl (C=O) groups excluding carboxylic acids is 1. The van der Waals surface area contributed by atoms with Crippen molar-refractivity contribution in [1.29, 1.82) is 0 Å². The van der Waals surface area contributed by atoms with Crippen LogP contribution < -0.4 is 10.6 Å². The third kappa shape index (κ3) is 3.36. The summed E-state index contributed by atoms with van der Waals surface area (Å²) in [5.74, 6) is 0.548. The summed E-state index contributed by atoms with van der Waals surface area (Å²) >= 11 is 0. The molecule has 1 aliphatic rings. The molecule has 0 spiro atoms. The summed E-state index contributed by atoms with van der Waals surface area (Å²) in [6.07, 6.45) is 6.53. The van der Waals surface area contributed by atoms with E-state index in [4.69, 9.17) is 0 Å². The van der Waals surface area contributed by atoms with Gasteiger partial charge in [-0.3, -0.25) is 10.00 Å². The molecule has 2 N–H and O–H groups in total. The first-order chi connectivity index (χ1) is 10.9. The molecule has 6 heteroatoms. The van der Waals surface area contributed by atoms with E-state index in [-0.39, 0.29) is 17.6 Å². The Hall–Kier alpha value is -2.37. The van der Waals surface area contributed by atoms with Crippen LogP contribution in [0.5, 0.6) is 0 Å². The number of hydrogen-bond donors (Lipinski definition) is 2. The summed E-state index contributed by atoms with van der Waals surface area (Å²) in [5, 5.41) is 10.4. The molecule has 0 aromatic carbocycles. The van der Waals surface area contributed by atoms with Gasteiger partial charge in [0.05, 0.1) is 17.8 Å². The Bertz CT molecular complexity index is 687. The Morgan fingerprint density at radius 2 is 2.17 bits per heavy atom. The van der Waals surface area contributed by atoms with Gasteiger partial charge in [-0.15, -0.1) is 0 Å². The summed E-state index contributed by atoms with van der Waals surface area (Å²) < 4.78 is 2.08. The number of carbonyl (C=O) groups is 1. The minimum absolute atomic E-state index is 0.00133. The molecule has 3 rings (SSSR count). The van der Waals surface area contributed by atoms with Crippen molar-refractivity contribution >= 4 is 11.8 Å². The normalized spacial score (nSPS) is 17.4. The van der Waals surface area contributed by atoms with Crippen LogP contribution in [0.1, 0.15) is 50.9 Å². The van der Waals surface area contributed by atoms with Crippen molar-refractivity contribution < 1.29 is 4.79 Å². The fourth-order valence-corrected chi connectivity index (χ4v) is 3.03. The number of nitrogens with zero attached hydrogens (tertiary/aromatic N) is 3. The van der Waals surface area contributed by atoms with Gasteiger partial charge in [-0.05, 0) is 52.2 Å². The van der Waals surface area contributed by atoms with E-state index in [0.29, 0.717) is 5.82 Å². The summed E-state index contributed by atoms with van der Waals surface area (Å²) in [6, 6.07) is 5.19. The summed E-state index contributed by atoms with van der Waals surface area (Å²) in [7, 11) is 0. The lowest BCUT2D eigenvalue weighted by molar-refractivity contribution is 0.246. The molecule has 2 amide bonds. The van der Waals surface area contributed by atoms with Gasteiger partial charge in [-0.2, -0.15) is 5.10 Å². The zero-order valence-corrected chi connectivity index (χ0v) is 13.8. The number of pyridine rings is 1. The minimum Gasteiger partial charge on any atom is -0.331 e. The lowest BCUT2D eigenvalue weighted by atomic mass is 9.92. The van der Waals surface area contributed by atoms with E-state index in [1.807, 2.05) is 18.3 Å². The topological polar surface area (TPSA) is 71.8 Å². The predicted molar refractivity (Wildman–Crippen MR) is 89.3 cm³/mol. The highest BCUT2D eigenvalue weighted by atomic mass is 16.2. The fraction of sp³-hybridized carbons (Fsp3) is 0.471. The molecular weight excluding hydrogens is 290 g/mol. The second kappa shape index (κ2) is 6.02. The molecule has 0 fully saturated rings. The Balaban J connectivity index is 1.74. The van der Waals surface area contributed by atoms with Crippen LogP contribution in [0.4, 0.5) is 10.6 Å². The Labute approximate surface area is 136 Å². The molecule has 2 heterocycles. The second-order valence-corrected chi connectivity index (χ2v) is 6.89. The quantitative estimate of drug-likeness (QED) is 0.894.